The van der Waals surface area contributed by atoms with Gasteiger partial charge in [0, 0.05) is 6.04 Å². The van der Waals surface area contributed by atoms with Gasteiger partial charge in [-0.25, -0.2) is 0 Å². The molecule has 0 aromatic heterocycles. The van der Waals surface area contributed by atoms with Crippen LogP contribution in [0.1, 0.15) is 130 Å². The van der Waals surface area contributed by atoms with Gasteiger partial charge in [0.05, 0.1) is 0 Å². The number of fused-ring (bicyclic) bond motifs is 4. The van der Waals surface area contributed by atoms with Gasteiger partial charge in [0.2, 0.25) is 0 Å². The number of nitrogens with two attached hydrogens (primary N) is 1. The van der Waals surface area contributed by atoms with Crippen molar-refractivity contribution in [1.82, 2.24) is 16.0 Å². The van der Waals surface area contributed by atoms with Crippen molar-refractivity contribution in [1.29, 1.82) is 0 Å². The summed E-state index contributed by atoms with van der Waals surface area (Å²) in [5.41, 5.74) is 6.73. The van der Waals surface area contributed by atoms with E-state index in [0.29, 0.717) is 10.8 Å². The van der Waals surface area contributed by atoms with E-state index < -0.39 is 0 Å². The van der Waals surface area contributed by atoms with Gasteiger partial charge in [-0.15, -0.1) is 0 Å². The van der Waals surface area contributed by atoms with Crippen LogP contribution in [-0.2, 0) is 0 Å². The molecule has 238 valence electrons. The second-order valence-electron chi connectivity index (χ2n) is 17.0. The Bertz CT molecular complexity index is 731. The third kappa shape index (κ3) is 7.93. The van der Waals surface area contributed by atoms with Gasteiger partial charge in [0.25, 0.3) is 0 Å². The van der Waals surface area contributed by atoms with Crippen LogP contribution in [0.2, 0.25) is 0 Å². The zero-order valence-corrected chi connectivity index (χ0v) is 27.8. The van der Waals surface area contributed by atoms with Crippen molar-refractivity contribution < 1.29 is 0 Å². The van der Waals surface area contributed by atoms with Gasteiger partial charge in [-0.2, -0.15) is 0 Å². The first kappa shape index (κ1) is 32.2. The molecule has 0 aromatic carbocycles. The first-order valence-electron chi connectivity index (χ1n) is 18.6. The molecule has 6 atom stereocenters. The molecule has 5 saturated carbocycles. The van der Waals surface area contributed by atoms with Crippen LogP contribution in [-0.4, -0.2) is 45.3 Å². The summed E-state index contributed by atoms with van der Waals surface area (Å²) in [7, 11) is 0. The molecule has 5 aliphatic carbocycles. The third-order valence-electron chi connectivity index (χ3n) is 14.1. The minimum atomic E-state index is 0.565. The lowest BCUT2D eigenvalue weighted by molar-refractivity contribution is 0.0743. The number of hydrogen-bond donors (Lipinski definition) is 4. The van der Waals surface area contributed by atoms with Crippen LogP contribution in [0, 0.1) is 58.2 Å². The van der Waals surface area contributed by atoms with Crippen LogP contribution in [0.15, 0.2) is 0 Å². The second kappa shape index (κ2) is 14.7. The van der Waals surface area contributed by atoms with E-state index in [2.05, 4.69) is 43.6 Å². The molecule has 4 nitrogen and oxygen atoms in total. The average Bonchev–Trinajstić information content (AvgIpc) is 3.72. The van der Waals surface area contributed by atoms with Crippen molar-refractivity contribution in [3.05, 3.63) is 0 Å². The van der Waals surface area contributed by atoms with Crippen LogP contribution >= 0.6 is 0 Å². The molecule has 0 amide bonds. The van der Waals surface area contributed by atoms with E-state index in [1.165, 1.54) is 122 Å². The maximum Gasteiger partial charge on any atom is 0.00729 e. The normalized spacial score (nSPS) is 37.7. The summed E-state index contributed by atoms with van der Waals surface area (Å²) in [4.78, 5) is 0. The molecule has 5 N–H and O–H groups in total. The highest BCUT2D eigenvalue weighted by Crippen LogP contribution is 2.63. The van der Waals surface area contributed by atoms with Crippen molar-refractivity contribution in [3.63, 3.8) is 0 Å². The summed E-state index contributed by atoms with van der Waals surface area (Å²) in [6.07, 6.45) is 22.9. The molecule has 5 rings (SSSR count). The van der Waals surface area contributed by atoms with Gasteiger partial charge in [0.15, 0.2) is 0 Å². The zero-order chi connectivity index (χ0) is 28.9. The minimum Gasteiger partial charge on any atom is -0.330 e. The minimum absolute atomic E-state index is 0.565. The molecular weight excluding hydrogens is 500 g/mol. The Kier molecular flexibility index (Phi) is 11.6. The Balaban J connectivity index is 0.988. The third-order valence-corrected chi connectivity index (χ3v) is 14.1. The quantitative estimate of drug-likeness (QED) is 0.130. The van der Waals surface area contributed by atoms with Crippen molar-refractivity contribution in [3.8, 4) is 0 Å². The molecule has 41 heavy (non-hydrogen) atoms. The van der Waals surface area contributed by atoms with E-state index in [-0.39, 0.29) is 0 Å². The summed E-state index contributed by atoms with van der Waals surface area (Å²) in [5, 5.41) is 11.6. The molecular formula is C37H70N4. The molecule has 4 bridgehead atoms. The van der Waals surface area contributed by atoms with E-state index in [1.807, 2.05) is 0 Å². The van der Waals surface area contributed by atoms with Crippen molar-refractivity contribution >= 4 is 0 Å². The van der Waals surface area contributed by atoms with Crippen LogP contribution in [0.3, 0.4) is 0 Å². The monoisotopic (exact) mass is 571 g/mol. The molecule has 5 fully saturated rings. The van der Waals surface area contributed by atoms with E-state index in [1.54, 1.807) is 0 Å². The van der Waals surface area contributed by atoms with Gasteiger partial charge in [-0.1, -0.05) is 53.4 Å². The summed E-state index contributed by atoms with van der Waals surface area (Å²) in [6, 6.07) is 0.730. The summed E-state index contributed by atoms with van der Waals surface area (Å²) in [6.45, 7) is 17.2. The number of nitrogens with one attached hydrogen (secondary N) is 3. The van der Waals surface area contributed by atoms with Crippen LogP contribution in [0.25, 0.3) is 0 Å². The first-order chi connectivity index (χ1) is 19.8. The highest BCUT2D eigenvalue weighted by molar-refractivity contribution is 5.05. The molecule has 5 aliphatic rings. The predicted molar refractivity (Wildman–Crippen MR) is 176 cm³/mol. The van der Waals surface area contributed by atoms with Gasteiger partial charge < -0.3 is 21.7 Å². The molecule has 0 radical (unpaired) electrons. The molecule has 0 aromatic rings. The van der Waals surface area contributed by atoms with Crippen LogP contribution in [0.5, 0.6) is 0 Å². The molecule has 0 saturated heterocycles. The average molecular weight is 571 g/mol. The molecule has 0 spiro atoms. The van der Waals surface area contributed by atoms with Crippen LogP contribution < -0.4 is 21.7 Å². The van der Waals surface area contributed by atoms with Gasteiger partial charge in [-0.05, 0) is 174 Å². The summed E-state index contributed by atoms with van der Waals surface area (Å²) < 4.78 is 0. The Morgan fingerprint density at radius 3 is 1.54 bits per heavy atom. The standard InChI is InChI=1S/C37H70N4/c1-36(2)31-13-11-29(23-31)34(36)25-33(26-35-30-12-14-32(24-30)37(35,3)4)41-20-6-19-40-22-16-28-9-7-27(8-10-28)15-21-39-18-5-17-38/h27-35,39-41H,5-26,38H2,1-4H3. The molecule has 4 heteroatoms. The Morgan fingerprint density at radius 2 is 1.10 bits per heavy atom. The fraction of sp³-hybridized carbons (Fsp3) is 1.00. The lowest BCUT2D eigenvalue weighted by Crippen LogP contribution is -2.42. The molecule has 0 aliphatic heterocycles. The highest BCUT2D eigenvalue weighted by atomic mass is 14.9. The molecule has 6 unspecified atom stereocenters. The van der Waals surface area contributed by atoms with E-state index in [4.69, 9.17) is 5.73 Å². The van der Waals surface area contributed by atoms with Crippen molar-refractivity contribution in [2.24, 2.45) is 63.9 Å². The van der Waals surface area contributed by atoms with E-state index in [0.717, 1.165) is 72.9 Å². The lowest BCUT2D eigenvalue weighted by atomic mass is 9.63. The maximum absolute atomic E-state index is 5.60. The Labute approximate surface area is 255 Å². The van der Waals surface area contributed by atoms with Crippen molar-refractivity contribution in [2.75, 3.05) is 39.3 Å². The maximum atomic E-state index is 5.60. The fourth-order valence-electron chi connectivity index (χ4n) is 11.2. The smallest absolute Gasteiger partial charge is 0.00729 e. The second-order valence-corrected chi connectivity index (χ2v) is 17.0. The van der Waals surface area contributed by atoms with Crippen molar-refractivity contribution in [2.45, 2.75) is 136 Å². The highest BCUT2D eigenvalue weighted by Gasteiger charge is 2.55. The van der Waals surface area contributed by atoms with E-state index in [9.17, 15) is 0 Å². The van der Waals surface area contributed by atoms with Gasteiger partial charge >= 0.3 is 0 Å². The summed E-state index contributed by atoms with van der Waals surface area (Å²) >= 11 is 0. The summed E-state index contributed by atoms with van der Waals surface area (Å²) in [5.74, 6) is 7.84. The molecule has 0 heterocycles. The number of rotatable bonds is 18. The first-order valence-corrected chi connectivity index (χ1v) is 18.6. The predicted octanol–water partition coefficient (Wildman–Crippen LogP) is 7.37. The van der Waals surface area contributed by atoms with E-state index >= 15 is 0 Å². The Morgan fingerprint density at radius 1 is 0.610 bits per heavy atom. The van der Waals surface area contributed by atoms with Gasteiger partial charge in [0.1, 0.15) is 0 Å². The SMILES string of the molecule is CC1(C)C2CCC(C2)C1CC(CC1C2CCC(C2)C1(C)C)NCCCNCCC1CCC(CCNCCCN)CC1. The largest absolute Gasteiger partial charge is 0.330 e. The zero-order valence-electron chi connectivity index (χ0n) is 27.8. The van der Waals surface area contributed by atoms with Crippen LogP contribution in [0.4, 0.5) is 0 Å². The topological polar surface area (TPSA) is 62.1 Å². The number of hydrogen-bond acceptors (Lipinski definition) is 4. The fourth-order valence-corrected chi connectivity index (χ4v) is 11.2. The van der Waals surface area contributed by atoms with Gasteiger partial charge in [-0.3, -0.25) is 0 Å². The Hall–Kier alpha value is -0.160. The lowest BCUT2D eigenvalue weighted by Gasteiger charge is -2.43.